The number of alkyl halides is 1. The summed E-state index contributed by atoms with van der Waals surface area (Å²) in [6, 6.07) is 7.13. The van der Waals surface area contributed by atoms with Crippen LogP contribution in [0.3, 0.4) is 0 Å². The van der Waals surface area contributed by atoms with Crippen molar-refractivity contribution in [2.45, 2.75) is 6.10 Å². The van der Waals surface area contributed by atoms with Crippen molar-refractivity contribution in [3.05, 3.63) is 24.3 Å². The van der Waals surface area contributed by atoms with Gasteiger partial charge in [0.15, 0.2) is 0 Å². The molecule has 0 aliphatic carbocycles. The minimum absolute atomic E-state index is 0.0934. The molecule has 82 valence electrons. The average molecular weight is 212 g/mol. The molecule has 0 unspecified atom stereocenters. The minimum Gasteiger partial charge on any atom is -0.491 e. The van der Waals surface area contributed by atoms with Gasteiger partial charge in [-0.15, -0.1) is 0 Å². The van der Waals surface area contributed by atoms with E-state index in [0.717, 1.165) is 12.4 Å². The van der Waals surface area contributed by atoms with E-state index < -0.39 is 6.67 Å². The summed E-state index contributed by atoms with van der Waals surface area (Å²) < 4.78 is 27.4. The van der Waals surface area contributed by atoms with Crippen molar-refractivity contribution in [2.24, 2.45) is 0 Å². The average Bonchev–Trinajstić information content (AvgIpc) is 3.09. The van der Waals surface area contributed by atoms with Gasteiger partial charge < -0.3 is 14.2 Å². The number of halogens is 1. The summed E-state index contributed by atoms with van der Waals surface area (Å²) in [6.07, 6.45) is 0.257. The monoisotopic (exact) mass is 212 g/mol. The van der Waals surface area contributed by atoms with E-state index in [1.807, 2.05) is 0 Å². The van der Waals surface area contributed by atoms with E-state index in [0.29, 0.717) is 12.4 Å². The Morgan fingerprint density at radius 3 is 2.33 bits per heavy atom. The molecule has 0 amide bonds. The van der Waals surface area contributed by atoms with Crippen molar-refractivity contribution in [1.82, 2.24) is 0 Å². The van der Waals surface area contributed by atoms with Crippen LogP contribution < -0.4 is 9.47 Å². The second kappa shape index (κ2) is 4.98. The highest BCUT2D eigenvalue weighted by Crippen LogP contribution is 2.19. The largest absolute Gasteiger partial charge is 0.491 e. The maximum atomic E-state index is 11.8. The van der Waals surface area contributed by atoms with Crippen molar-refractivity contribution >= 4 is 0 Å². The van der Waals surface area contributed by atoms with Crippen molar-refractivity contribution in [3.63, 3.8) is 0 Å². The fourth-order valence-electron chi connectivity index (χ4n) is 1.14. The Hall–Kier alpha value is -1.29. The van der Waals surface area contributed by atoms with Crippen molar-refractivity contribution < 1.29 is 18.6 Å². The van der Waals surface area contributed by atoms with Crippen LogP contribution in [0.5, 0.6) is 11.5 Å². The smallest absolute Gasteiger partial charge is 0.123 e. The van der Waals surface area contributed by atoms with Gasteiger partial charge in [-0.25, -0.2) is 4.39 Å². The number of hydrogen-bond acceptors (Lipinski definition) is 3. The Labute approximate surface area is 87.8 Å². The van der Waals surface area contributed by atoms with Crippen LogP contribution in [0.15, 0.2) is 24.3 Å². The molecule has 0 saturated carbocycles. The van der Waals surface area contributed by atoms with Crippen molar-refractivity contribution in [2.75, 3.05) is 26.5 Å². The molecule has 1 heterocycles. The summed E-state index contributed by atoms with van der Waals surface area (Å²) in [6.45, 7) is 0.996. The molecule has 4 heteroatoms. The molecular weight excluding hydrogens is 199 g/mol. The molecule has 15 heavy (non-hydrogen) atoms. The number of hydrogen-bond donors (Lipinski definition) is 0. The third-order valence-corrected chi connectivity index (χ3v) is 2.01. The van der Waals surface area contributed by atoms with E-state index in [-0.39, 0.29) is 12.7 Å². The first-order chi connectivity index (χ1) is 7.38. The summed E-state index contributed by atoms with van der Waals surface area (Å²) in [4.78, 5) is 0. The minimum atomic E-state index is -0.475. The lowest BCUT2D eigenvalue weighted by atomic mass is 10.3. The lowest BCUT2D eigenvalue weighted by Crippen LogP contribution is -2.04. The number of benzene rings is 1. The van der Waals surface area contributed by atoms with Crippen LogP contribution >= 0.6 is 0 Å². The van der Waals surface area contributed by atoms with Crippen LogP contribution in [0.4, 0.5) is 4.39 Å². The molecule has 1 aliphatic rings. The molecule has 0 aromatic heterocycles. The molecule has 3 nitrogen and oxygen atoms in total. The van der Waals surface area contributed by atoms with Crippen LogP contribution in [-0.4, -0.2) is 32.6 Å². The van der Waals surface area contributed by atoms with Crippen molar-refractivity contribution in [3.8, 4) is 11.5 Å². The van der Waals surface area contributed by atoms with Crippen molar-refractivity contribution in [1.29, 1.82) is 0 Å². The van der Waals surface area contributed by atoms with E-state index in [1.54, 1.807) is 24.3 Å². The van der Waals surface area contributed by atoms with Gasteiger partial charge in [-0.3, -0.25) is 0 Å². The molecule has 2 rings (SSSR count). The third kappa shape index (κ3) is 3.40. The van der Waals surface area contributed by atoms with Gasteiger partial charge in [-0.2, -0.15) is 0 Å². The Morgan fingerprint density at radius 1 is 1.20 bits per heavy atom. The molecule has 1 atom stereocenters. The lowest BCUT2D eigenvalue weighted by Gasteiger charge is -2.06. The number of rotatable bonds is 6. The normalized spacial score (nSPS) is 18.6. The first kappa shape index (κ1) is 10.2. The van der Waals surface area contributed by atoms with E-state index in [1.165, 1.54) is 0 Å². The maximum absolute atomic E-state index is 11.8. The predicted octanol–water partition coefficient (Wildman–Crippen LogP) is 1.81. The quantitative estimate of drug-likeness (QED) is 0.674. The highest BCUT2D eigenvalue weighted by Gasteiger charge is 2.22. The Bertz CT molecular complexity index is 295. The Morgan fingerprint density at radius 2 is 1.80 bits per heavy atom. The van der Waals surface area contributed by atoms with Gasteiger partial charge in [0.1, 0.15) is 37.5 Å². The fourth-order valence-corrected chi connectivity index (χ4v) is 1.14. The van der Waals surface area contributed by atoms with Gasteiger partial charge >= 0.3 is 0 Å². The first-order valence-electron chi connectivity index (χ1n) is 4.92. The highest BCUT2D eigenvalue weighted by molar-refractivity contribution is 5.31. The molecule has 1 aromatic rings. The molecule has 0 radical (unpaired) electrons. The second-order valence-corrected chi connectivity index (χ2v) is 3.28. The van der Waals surface area contributed by atoms with Gasteiger partial charge in [0.2, 0.25) is 0 Å². The van der Waals surface area contributed by atoms with Crippen LogP contribution in [0, 0.1) is 0 Å². The van der Waals surface area contributed by atoms with Gasteiger partial charge in [0.05, 0.1) is 6.61 Å². The lowest BCUT2D eigenvalue weighted by molar-refractivity contribution is 0.260. The van der Waals surface area contributed by atoms with Crippen LogP contribution in [0.25, 0.3) is 0 Å². The Kier molecular flexibility index (Phi) is 3.40. The predicted molar refractivity (Wildman–Crippen MR) is 53.1 cm³/mol. The van der Waals surface area contributed by atoms with Gasteiger partial charge in [-0.05, 0) is 24.3 Å². The summed E-state index contributed by atoms with van der Waals surface area (Å²) in [7, 11) is 0. The maximum Gasteiger partial charge on any atom is 0.123 e. The summed E-state index contributed by atoms with van der Waals surface area (Å²) in [5.74, 6) is 1.43. The third-order valence-electron chi connectivity index (χ3n) is 2.01. The molecule has 1 aliphatic heterocycles. The fraction of sp³-hybridized carbons (Fsp3) is 0.455. The van der Waals surface area contributed by atoms with Crippen LogP contribution in [0.2, 0.25) is 0 Å². The van der Waals surface area contributed by atoms with Crippen LogP contribution in [0.1, 0.15) is 0 Å². The molecular formula is C11H13FO3. The van der Waals surface area contributed by atoms with E-state index in [4.69, 9.17) is 14.2 Å². The first-order valence-corrected chi connectivity index (χ1v) is 4.92. The van der Waals surface area contributed by atoms with E-state index >= 15 is 0 Å². The van der Waals surface area contributed by atoms with E-state index in [2.05, 4.69) is 0 Å². The standard InChI is InChI=1S/C11H13FO3/c12-5-6-13-9-1-3-10(4-2-9)14-7-11-8-15-11/h1-4,11H,5-8H2/t11-/m0/s1. The molecule has 1 fully saturated rings. The number of epoxide rings is 1. The molecule has 0 N–H and O–H groups in total. The number of ether oxygens (including phenoxy) is 3. The molecule has 1 saturated heterocycles. The summed E-state index contributed by atoms with van der Waals surface area (Å²) >= 11 is 0. The van der Waals surface area contributed by atoms with Gasteiger partial charge in [0.25, 0.3) is 0 Å². The zero-order chi connectivity index (χ0) is 10.5. The Balaban J connectivity index is 1.79. The van der Waals surface area contributed by atoms with Gasteiger partial charge in [-0.1, -0.05) is 0 Å². The zero-order valence-corrected chi connectivity index (χ0v) is 8.32. The molecule has 0 spiro atoms. The second-order valence-electron chi connectivity index (χ2n) is 3.28. The topological polar surface area (TPSA) is 31.0 Å². The molecule has 0 bridgehead atoms. The molecule has 1 aromatic carbocycles. The van der Waals surface area contributed by atoms with Crippen LogP contribution in [-0.2, 0) is 4.74 Å². The zero-order valence-electron chi connectivity index (χ0n) is 8.32. The highest BCUT2D eigenvalue weighted by atomic mass is 19.1. The van der Waals surface area contributed by atoms with Gasteiger partial charge in [0, 0.05) is 0 Å². The summed E-state index contributed by atoms with van der Waals surface area (Å²) in [5.41, 5.74) is 0. The summed E-state index contributed by atoms with van der Waals surface area (Å²) in [5, 5.41) is 0. The SMILES string of the molecule is FCCOc1ccc(OC[C@H]2CO2)cc1. The van der Waals surface area contributed by atoms with E-state index in [9.17, 15) is 4.39 Å².